The number of rotatable bonds is 5. The van der Waals surface area contributed by atoms with E-state index in [-0.39, 0.29) is 11.3 Å². The third-order valence-electron chi connectivity index (χ3n) is 2.48. The van der Waals surface area contributed by atoms with Gasteiger partial charge < -0.3 is 16.2 Å². The zero-order valence-corrected chi connectivity index (χ0v) is 9.83. The molecule has 1 rings (SSSR count). The van der Waals surface area contributed by atoms with Crippen LogP contribution in [-0.4, -0.2) is 28.7 Å². The van der Waals surface area contributed by atoms with Gasteiger partial charge in [0, 0.05) is 24.3 Å². The van der Waals surface area contributed by atoms with Crippen molar-refractivity contribution < 1.29 is 10.0 Å². The zero-order valence-electron chi connectivity index (χ0n) is 9.83. The Hall–Kier alpha value is -2.17. The van der Waals surface area contributed by atoms with Crippen LogP contribution in [0.2, 0.25) is 0 Å². The molecule has 1 aromatic carbocycles. The number of aliphatic hydroxyl groups is 1. The standard InChI is InChI=1S/C11H14N4O3/c1-7(16)10(13)6-14-9-2-3-11(15(17)18)8(4-9)5-12/h2-4,7,10,14,16H,6,13H2,1H3. The van der Waals surface area contributed by atoms with Gasteiger partial charge in [0.05, 0.1) is 11.0 Å². The van der Waals surface area contributed by atoms with Gasteiger partial charge in [-0.25, -0.2) is 0 Å². The topological polar surface area (TPSA) is 125 Å². The predicted octanol–water partition coefficient (Wildman–Crippen LogP) is 0.586. The minimum absolute atomic E-state index is 0.0179. The fraction of sp³-hybridized carbons (Fsp3) is 0.364. The van der Waals surface area contributed by atoms with Crippen molar-refractivity contribution in [3.8, 4) is 6.07 Å². The van der Waals surface area contributed by atoms with E-state index in [1.807, 2.05) is 0 Å². The normalized spacial score (nSPS) is 13.4. The zero-order chi connectivity index (χ0) is 13.7. The maximum absolute atomic E-state index is 10.6. The molecule has 2 unspecified atom stereocenters. The molecule has 0 amide bonds. The Bertz CT molecular complexity index is 482. The number of anilines is 1. The van der Waals surface area contributed by atoms with E-state index in [0.29, 0.717) is 12.2 Å². The van der Waals surface area contributed by atoms with Gasteiger partial charge in [0.25, 0.3) is 5.69 Å². The lowest BCUT2D eigenvalue weighted by molar-refractivity contribution is -0.385. The van der Waals surface area contributed by atoms with Crippen LogP contribution in [0, 0.1) is 21.4 Å². The molecule has 0 radical (unpaired) electrons. The molecule has 0 aromatic heterocycles. The summed E-state index contributed by atoms with van der Waals surface area (Å²) in [5, 5.41) is 31.6. The van der Waals surface area contributed by atoms with Crippen molar-refractivity contribution >= 4 is 11.4 Å². The van der Waals surface area contributed by atoms with Crippen LogP contribution < -0.4 is 11.1 Å². The quantitative estimate of drug-likeness (QED) is 0.518. The minimum Gasteiger partial charge on any atom is -0.392 e. The van der Waals surface area contributed by atoms with Gasteiger partial charge in [-0.15, -0.1) is 0 Å². The highest BCUT2D eigenvalue weighted by atomic mass is 16.6. The molecular weight excluding hydrogens is 236 g/mol. The highest BCUT2D eigenvalue weighted by molar-refractivity contribution is 5.58. The largest absolute Gasteiger partial charge is 0.392 e. The summed E-state index contributed by atoms with van der Waals surface area (Å²) in [4.78, 5) is 10.0. The lowest BCUT2D eigenvalue weighted by atomic mass is 10.1. The van der Waals surface area contributed by atoms with Gasteiger partial charge in [-0.3, -0.25) is 10.1 Å². The highest BCUT2D eigenvalue weighted by Crippen LogP contribution is 2.21. The average Bonchev–Trinajstić information content (AvgIpc) is 2.34. The second kappa shape index (κ2) is 5.95. The predicted molar refractivity (Wildman–Crippen MR) is 66.0 cm³/mol. The number of nitro benzene ring substituents is 1. The average molecular weight is 250 g/mol. The summed E-state index contributed by atoms with van der Waals surface area (Å²) in [7, 11) is 0. The molecule has 7 nitrogen and oxygen atoms in total. The second-order valence-corrected chi connectivity index (χ2v) is 3.89. The molecule has 7 heteroatoms. The van der Waals surface area contributed by atoms with Crippen molar-refractivity contribution in [2.75, 3.05) is 11.9 Å². The van der Waals surface area contributed by atoms with E-state index >= 15 is 0 Å². The molecule has 0 bridgehead atoms. The molecule has 18 heavy (non-hydrogen) atoms. The summed E-state index contributed by atoms with van der Waals surface area (Å²) in [5.41, 5.74) is 5.93. The molecule has 0 saturated heterocycles. The van der Waals surface area contributed by atoms with Gasteiger partial charge in [0.1, 0.15) is 11.6 Å². The van der Waals surface area contributed by atoms with Crippen molar-refractivity contribution in [1.29, 1.82) is 5.26 Å². The van der Waals surface area contributed by atoms with E-state index in [0.717, 1.165) is 0 Å². The van der Waals surface area contributed by atoms with Crippen LogP contribution in [0.15, 0.2) is 18.2 Å². The Balaban J connectivity index is 2.81. The Morgan fingerprint density at radius 1 is 1.67 bits per heavy atom. The summed E-state index contributed by atoms with van der Waals surface area (Å²) in [5.74, 6) is 0. The Labute approximate surface area is 104 Å². The van der Waals surface area contributed by atoms with E-state index < -0.39 is 17.1 Å². The molecule has 4 N–H and O–H groups in total. The molecule has 1 aromatic rings. The van der Waals surface area contributed by atoms with Gasteiger partial charge in [0.2, 0.25) is 0 Å². The number of nitro groups is 1. The van der Waals surface area contributed by atoms with E-state index in [9.17, 15) is 15.2 Å². The molecule has 0 heterocycles. The highest BCUT2D eigenvalue weighted by Gasteiger charge is 2.14. The summed E-state index contributed by atoms with van der Waals surface area (Å²) in [6.45, 7) is 1.88. The van der Waals surface area contributed by atoms with E-state index in [1.54, 1.807) is 13.0 Å². The summed E-state index contributed by atoms with van der Waals surface area (Å²) in [6, 6.07) is 5.45. The molecule has 2 atom stereocenters. The molecule has 0 aliphatic rings. The number of benzene rings is 1. The van der Waals surface area contributed by atoms with Gasteiger partial charge in [0.15, 0.2) is 0 Å². The fourth-order valence-corrected chi connectivity index (χ4v) is 1.30. The van der Waals surface area contributed by atoms with Crippen molar-refractivity contribution in [3.05, 3.63) is 33.9 Å². The van der Waals surface area contributed by atoms with Crippen LogP contribution in [0.4, 0.5) is 11.4 Å². The third-order valence-corrected chi connectivity index (χ3v) is 2.48. The first-order chi connectivity index (χ1) is 8.45. The first kappa shape index (κ1) is 13.9. The van der Waals surface area contributed by atoms with E-state index in [4.69, 9.17) is 11.0 Å². The van der Waals surface area contributed by atoms with Crippen LogP contribution in [0.5, 0.6) is 0 Å². The molecule has 0 fully saturated rings. The molecule has 0 aliphatic heterocycles. The van der Waals surface area contributed by atoms with E-state index in [1.165, 1.54) is 18.2 Å². The smallest absolute Gasteiger partial charge is 0.287 e. The van der Waals surface area contributed by atoms with Crippen LogP contribution >= 0.6 is 0 Å². The lowest BCUT2D eigenvalue weighted by Crippen LogP contribution is -2.38. The van der Waals surface area contributed by atoms with Gasteiger partial charge in [-0.2, -0.15) is 5.26 Å². The van der Waals surface area contributed by atoms with Gasteiger partial charge in [-0.05, 0) is 19.1 Å². The number of nitrogens with zero attached hydrogens (tertiary/aromatic N) is 2. The first-order valence-electron chi connectivity index (χ1n) is 5.31. The monoisotopic (exact) mass is 250 g/mol. The van der Waals surface area contributed by atoms with Crippen LogP contribution in [0.1, 0.15) is 12.5 Å². The number of nitrogens with one attached hydrogen (secondary N) is 1. The lowest BCUT2D eigenvalue weighted by Gasteiger charge is -2.16. The first-order valence-corrected chi connectivity index (χ1v) is 5.31. The molecular formula is C11H14N4O3. The Morgan fingerprint density at radius 2 is 2.33 bits per heavy atom. The summed E-state index contributed by atoms with van der Waals surface area (Å²) < 4.78 is 0. The van der Waals surface area contributed by atoms with Crippen molar-refractivity contribution in [1.82, 2.24) is 0 Å². The molecule has 0 spiro atoms. The maximum Gasteiger partial charge on any atom is 0.287 e. The second-order valence-electron chi connectivity index (χ2n) is 3.89. The third kappa shape index (κ3) is 3.41. The van der Waals surface area contributed by atoms with E-state index in [2.05, 4.69) is 5.32 Å². The van der Waals surface area contributed by atoms with Crippen LogP contribution in [0.3, 0.4) is 0 Å². The molecule has 0 saturated carbocycles. The number of aliphatic hydroxyl groups excluding tert-OH is 1. The van der Waals surface area contributed by atoms with Crippen LogP contribution in [-0.2, 0) is 0 Å². The number of hydrogen-bond acceptors (Lipinski definition) is 6. The summed E-state index contributed by atoms with van der Waals surface area (Å²) >= 11 is 0. The number of nitriles is 1. The van der Waals surface area contributed by atoms with Crippen molar-refractivity contribution in [2.24, 2.45) is 5.73 Å². The molecule has 0 aliphatic carbocycles. The SMILES string of the molecule is CC(O)C(N)CNc1ccc([N+](=O)[O-])c(C#N)c1. The Morgan fingerprint density at radius 3 is 2.83 bits per heavy atom. The summed E-state index contributed by atoms with van der Waals surface area (Å²) in [6.07, 6.45) is -0.661. The number of hydrogen-bond donors (Lipinski definition) is 3. The Kier molecular flexibility index (Phi) is 4.59. The molecule has 96 valence electrons. The van der Waals surface area contributed by atoms with Gasteiger partial charge in [-0.1, -0.05) is 0 Å². The van der Waals surface area contributed by atoms with Crippen molar-refractivity contribution in [2.45, 2.75) is 19.1 Å². The van der Waals surface area contributed by atoms with Gasteiger partial charge >= 0.3 is 0 Å². The van der Waals surface area contributed by atoms with Crippen LogP contribution in [0.25, 0.3) is 0 Å². The number of nitrogens with two attached hydrogens (primary N) is 1. The maximum atomic E-state index is 10.6. The fourth-order valence-electron chi connectivity index (χ4n) is 1.30. The minimum atomic E-state index is -0.661. The van der Waals surface area contributed by atoms with Crippen molar-refractivity contribution in [3.63, 3.8) is 0 Å².